The van der Waals surface area contributed by atoms with Crippen molar-refractivity contribution in [1.82, 2.24) is 0 Å². The third kappa shape index (κ3) is 31.7. The Morgan fingerprint density at radius 2 is 1.00 bits per heavy atom. The van der Waals surface area contributed by atoms with E-state index in [1.165, 1.54) is 96.3 Å². The smallest absolute Gasteiger partial charge is 0.306 e. The summed E-state index contributed by atoms with van der Waals surface area (Å²) in [6.45, 7) is 3.71. The second-order valence-corrected chi connectivity index (χ2v) is 17.9. The molecule has 1 heterocycles. The van der Waals surface area contributed by atoms with E-state index < -0.39 is 71.2 Å². The maximum absolute atomic E-state index is 12.8. The molecule has 4 N–H and O–H groups in total. The number of carbonyl (C=O) groups is 2. The molecule has 1 saturated heterocycles. The van der Waals surface area contributed by atoms with E-state index in [0.29, 0.717) is 12.8 Å². The number of hydrogen-bond donors (Lipinski definition) is 4. The normalized spacial score (nSPS) is 20.4. The Morgan fingerprint density at radius 1 is 0.567 bits per heavy atom. The van der Waals surface area contributed by atoms with Crippen molar-refractivity contribution in [3.63, 3.8) is 0 Å². The second-order valence-electron chi connectivity index (χ2n) is 16.4. The first kappa shape index (κ1) is 55.9. The molecule has 1 aliphatic heterocycles. The number of hydrogen-bond acceptors (Lipinski definition) is 11. The number of unbranched alkanes of at least 4 members (excludes halogenated alkanes) is 21. The van der Waals surface area contributed by atoms with Crippen LogP contribution in [0.15, 0.2) is 36.5 Å². The number of rotatable bonds is 39. The summed E-state index contributed by atoms with van der Waals surface area (Å²) in [4.78, 5) is 25.4. The van der Waals surface area contributed by atoms with E-state index in [9.17, 15) is 37.9 Å². The molecule has 0 aliphatic carbocycles. The molecule has 1 aliphatic rings. The fourth-order valence-corrected chi connectivity index (χ4v) is 7.69. The zero-order valence-corrected chi connectivity index (χ0v) is 38.1. The lowest BCUT2D eigenvalue weighted by molar-refractivity contribution is -0.297. The Labute approximate surface area is 363 Å². The Balaban J connectivity index is 2.41. The van der Waals surface area contributed by atoms with Gasteiger partial charge in [0.2, 0.25) is 0 Å². The van der Waals surface area contributed by atoms with Gasteiger partial charge in [-0.05, 0) is 70.6 Å². The molecule has 12 nitrogen and oxygen atoms in total. The summed E-state index contributed by atoms with van der Waals surface area (Å²) in [5.74, 6) is -2.01. The maximum Gasteiger partial charge on any atom is 0.306 e. The monoisotopic (exact) mass is 873 g/mol. The van der Waals surface area contributed by atoms with E-state index in [-0.39, 0.29) is 19.4 Å². The van der Waals surface area contributed by atoms with E-state index in [2.05, 4.69) is 50.3 Å². The highest BCUT2D eigenvalue weighted by atomic mass is 32.2. The molecule has 1 rings (SSSR count). The van der Waals surface area contributed by atoms with E-state index in [4.69, 9.17) is 18.9 Å². The summed E-state index contributed by atoms with van der Waals surface area (Å²) < 4.78 is 54.1. The Hall–Kier alpha value is -2.13. The molecule has 0 radical (unpaired) electrons. The molecule has 0 aromatic carbocycles. The van der Waals surface area contributed by atoms with Crippen molar-refractivity contribution in [2.24, 2.45) is 0 Å². The summed E-state index contributed by atoms with van der Waals surface area (Å²) in [5.41, 5.74) is 0. The predicted octanol–water partition coefficient (Wildman–Crippen LogP) is 9.78. The van der Waals surface area contributed by atoms with Crippen LogP contribution in [0.1, 0.15) is 194 Å². The molecule has 60 heavy (non-hydrogen) atoms. The number of carbonyl (C=O) groups excluding carboxylic acids is 2. The largest absolute Gasteiger partial charge is 0.462 e. The second kappa shape index (κ2) is 37.4. The number of aliphatic hydroxyl groups excluding tert-OH is 3. The molecule has 0 spiro atoms. The van der Waals surface area contributed by atoms with Crippen LogP contribution in [0.2, 0.25) is 0 Å². The summed E-state index contributed by atoms with van der Waals surface area (Å²) in [6, 6.07) is 0. The summed E-state index contributed by atoms with van der Waals surface area (Å²) in [5, 5.41) is 30.9. The van der Waals surface area contributed by atoms with Crippen LogP contribution in [0.4, 0.5) is 0 Å². The Morgan fingerprint density at radius 3 is 1.53 bits per heavy atom. The number of allylic oxidation sites excluding steroid dienone is 6. The van der Waals surface area contributed by atoms with Crippen LogP contribution in [-0.4, -0.2) is 96.0 Å². The van der Waals surface area contributed by atoms with Gasteiger partial charge in [0, 0.05) is 12.8 Å². The fraction of sp³-hybridized carbons (Fsp3) is 0.830. The lowest BCUT2D eigenvalue weighted by Crippen LogP contribution is -2.60. The molecule has 0 aromatic heterocycles. The number of aliphatic hydroxyl groups is 3. The summed E-state index contributed by atoms with van der Waals surface area (Å²) in [7, 11) is -4.60. The molecule has 2 unspecified atom stereocenters. The first-order valence-electron chi connectivity index (χ1n) is 23.5. The van der Waals surface area contributed by atoms with Gasteiger partial charge in [0.15, 0.2) is 12.4 Å². The van der Waals surface area contributed by atoms with E-state index >= 15 is 0 Å². The van der Waals surface area contributed by atoms with E-state index in [0.717, 1.165) is 57.8 Å². The fourth-order valence-electron chi connectivity index (χ4n) is 7.00. The van der Waals surface area contributed by atoms with Crippen molar-refractivity contribution in [2.45, 2.75) is 230 Å². The highest BCUT2D eigenvalue weighted by molar-refractivity contribution is 7.85. The van der Waals surface area contributed by atoms with Gasteiger partial charge in [0.05, 0.1) is 6.61 Å². The average molecular weight is 873 g/mol. The van der Waals surface area contributed by atoms with Gasteiger partial charge in [0.1, 0.15) is 36.8 Å². The quantitative estimate of drug-likeness (QED) is 0.0199. The van der Waals surface area contributed by atoms with Gasteiger partial charge in [-0.1, -0.05) is 147 Å². The predicted molar refractivity (Wildman–Crippen MR) is 238 cm³/mol. The van der Waals surface area contributed by atoms with Crippen LogP contribution in [-0.2, 0) is 38.7 Å². The van der Waals surface area contributed by atoms with Gasteiger partial charge >= 0.3 is 11.9 Å². The van der Waals surface area contributed by atoms with Crippen molar-refractivity contribution in [3.8, 4) is 0 Å². The number of ether oxygens (including phenoxy) is 4. The molecule has 0 bridgehead atoms. The van der Waals surface area contributed by atoms with Gasteiger partial charge in [-0.3, -0.25) is 14.1 Å². The van der Waals surface area contributed by atoms with Crippen molar-refractivity contribution >= 4 is 22.1 Å². The summed E-state index contributed by atoms with van der Waals surface area (Å²) in [6.07, 6.45) is 33.3. The molecule has 0 amide bonds. The van der Waals surface area contributed by atoms with Crippen LogP contribution >= 0.6 is 0 Å². The Bertz CT molecular complexity index is 1250. The summed E-state index contributed by atoms with van der Waals surface area (Å²) >= 11 is 0. The third-order valence-corrected chi connectivity index (χ3v) is 11.4. The van der Waals surface area contributed by atoms with E-state index in [1.54, 1.807) is 0 Å². The third-order valence-electron chi connectivity index (χ3n) is 10.7. The van der Waals surface area contributed by atoms with Crippen LogP contribution in [0.3, 0.4) is 0 Å². The molecular formula is C47H84O12S. The molecule has 0 saturated carbocycles. The molecular weight excluding hydrogens is 789 g/mol. The topological polar surface area (TPSA) is 186 Å². The van der Waals surface area contributed by atoms with Gasteiger partial charge in [-0.15, -0.1) is 0 Å². The molecule has 0 aromatic rings. The molecule has 6 atom stereocenters. The Kier molecular flexibility index (Phi) is 34.9. The maximum atomic E-state index is 12.8. The van der Waals surface area contributed by atoms with Crippen molar-refractivity contribution < 1.29 is 56.8 Å². The van der Waals surface area contributed by atoms with Crippen LogP contribution in [0.25, 0.3) is 0 Å². The van der Waals surface area contributed by atoms with Crippen LogP contribution < -0.4 is 0 Å². The van der Waals surface area contributed by atoms with Gasteiger partial charge < -0.3 is 34.3 Å². The van der Waals surface area contributed by atoms with Crippen LogP contribution in [0.5, 0.6) is 0 Å². The van der Waals surface area contributed by atoms with Gasteiger partial charge in [0.25, 0.3) is 10.1 Å². The van der Waals surface area contributed by atoms with Gasteiger partial charge in [-0.2, -0.15) is 8.42 Å². The SMILES string of the molecule is CCCCC/C=C/C/C=C/CCCCCCCCCCCC(=O)OC[C@H](CO[C@H]1O[C@H](CS(=O)(=O)O)[C@@H](O)C(O)C1O)OC(=O)CCCCC/C=C/CCCCCCCC. The minimum absolute atomic E-state index is 0.143. The first-order valence-corrected chi connectivity index (χ1v) is 25.2. The zero-order valence-electron chi connectivity index (χ0n) is 37.3. The highest BCUT2D eigenvalue weighted by Gasteiger charge is 2.46. The van der Waals surface area contributed by atoms with Crippen molar-refractivity contribution in [1.29, 1.82) is 0 Å². The zero-order chi connectivity index (χ0) is 44.1. The lowest BCUT2D eigenvalue weighted by atomic mass is 10.00. The molecule has 350 valence electrons. The lowest BCUT2D eigenvalue weighted by Gasteiger charge is -2.40. The molecule has 1 fully saturated rings. The van der Waals surface area contributed by atoms with Crippen molar-refractivity contribution in [3.05, 3.63) is 36.5 Å². The van der Waals surface area contributed by atoms with E-state index in [1.807, 2.05) is 0 Å². The highest BCUT2D eigenvalue weighted by Crippen LogP contribution is 2.24. The number of esters is 2. The van der Waals surface area contributed by atoms with Crippen LogP contribution in [0, 0.1) is 0 Å². The standard InChI is InChI=1S/C47H84O12S/c1-3-5-7-9-11-13-15-17-18-19-20-21-22-24-25-27-29-31-33-35-42(48)56-37-40(38-57-47-46(52)45(51)44(50)41(59-47)39-60(53,54)55)58-43(49)36-34-32-30-28-26-23-16-14-12-10-8-6-4-2/h11,13,17-18,23,26,40-41,44-47,50-52H,3-10,12,14-16,19-22,24-25,27-39H2,1-2H3,(H,53,54,55)/b13-11+,18-17+,26-23+/t40-,41-,44-,45?,46?,47+/m1/s1. The molecule has 13 heteroatoms. The van der Waals surface area contributed by atoms with Gasteiger partial charge in [-0.25, -0.2) is 0 Å². The van der Waals surface area contributed by atoms with Crippen molar-refractivity contribution in [2.75, 3.05) is 19.0 Å². The minimum atomic E-state index is -4.60. The first-order chi connectivity index (χ1) is 29.0. The average Bonchev–Trinajstić information content (AvgIpc) is 3.21. The minimum Gasteiger partial charge on any atom is -0.462 e.